The fourth-order valence-corrected chi connectivity index (χ4v) is 3.57. The van der Waals surface area contributed by atoms with Gasteiger partial charge in [0.1, 0.15) is 0 Å². The monoisotopic (exact) mass is 291 g/mol. The average Bonchev–Trinajstić information content (AvgIpc) is 2.07. The van der Waals surface area contributed by atoms with Crippen molar-refractivity contribution in [2.75, 3.05) is 5.75 Å². The number of nitrogens with two attached hydrogens (primary N) is 1. The van der Waals surface area contributed by atoms with Crippen molar-refractivity contribution in [1.29, 1.82) is 0 Å². The van der Waals surface area contributed by atoms with E-state index < -0.39 is 0 Å². The molecule has 1 aliphatic rings. The summed E-state index contributed by atoms with van der Waals surface area (Å²) in [5.41, 5.74) is 7.33. The van der Waals surface area contributed by atoms with Crippen LogP contribution < -0.4 is 5.73 Å². The lowest BCUT2D eigenvalue weighted by molar-refractivity contribution is 0.679. The van der Waals surface area contributed by atoms with Crippen molar-refractivity contribution in [1.82, 2.24) is 0 Å². The van der Waals surface area contributed by atoms with Crippen LogP contribution in [0.2, 0.25) is 0 Å². The summed E-state index contributed by atoms with van der Waals surface area (Å²) in [5.74, 6) is 1.16. The first-order chi connectivity index (χ1) is 5.79. The summed E-state index contributed by atoms with van der Waals surface area (Å²) >= 11 is 4.31. The molecular formula is C9H10INS. The van der Waals surface area contributed by atoms with Gasteiger partial charge in [0.15, 0.2) is 0 Å². The maximum absolute atomic E-state index is 6.00. The molecule has 12 heavy (non-hydrogen) atoms. The first-order valence-electron chi connectivity index (χ1n) is 3.96. The van der Waals surface area contributed by atoms with Gasteiger partial charge in [-0.2, -0.15) is 0 Å². The first-order valence-corrected chi connectivity index (χ1v) is 6.02. The van der Waals surface area contributed by atoms with Crippen LogP contribution in [0.15, 0.2) is 23.1 Å². The highest BCUT2D eigenvalue weighted by molar-refractivity contribution is 14.1. The van der Waals surface area contributed by atoms with Gasteiger partial charge in [-0.15, -0.1) is 11.8 Å². The van der Waals surface area contributed by atoms with Crippen molar-refractivity contribution in [3.8, 4) is 0 Å². The molecule has 1 aromatic rings. The van der Waals surface area contributed by atoms with E-state index in [-0.39, 0.29) is 6.04 Å². The minimum atomic E-state index is 0.260. The minimum absolute atomic E-state index is 0.260. The summed E-state index contributed by atoms with van der Waals surface area (Å²) in [5, 5.41) is 0. The topological polar surface area (TPSA) is 26.0 Å². The van der Waals surface area contributed by atoms with Gasteiger partial charge in [0, 0.05) is 14.5 Å². The first kappa shape index (κ1) is 8.84. The second-order valence-corrected chi connectivity index (χ2v) is 5.17. The predicted octanol–water partition coefficient (Wildman–Crippen LogP) is 2.79. The normalized spacial score (nSPS) is 22.0. The SMILES string of the molecule is NC1CCSc2c(I)cccc21. The van der Waals surface area contributed by atoms with Crippen molar-refractivity contribution < 1.29 is 0 Å². The van der Waals surface area contributed by atoms with Crippen LogP contribution in [0.5, 0.6) is 0 Å². The predicted molar refractivity (Wildman–Crippen MR) is 61.4 cm³/mol. The quantitative estimate of drug-likeness (QED) is 0.744. The van der Waals surface area contributed by atoms with E-state index in [1.54, 1.807) is 0 Å². The van der Waals surface area contributed by atoms with Gasteiger partial charge in [0.2, 0.25) is 0 Å². The highest BCUT2D eigenvalue weighted by atomic mass is 127. The van der Waals surface area contributed by atoms with Gasteiger partial charge in [-0.25, -0.2) is 0 Å². The zero-order chi connectivity index (χ0) is 8.55. The highest BCUT2D eigenvalue weighted by Gasteiger charge is 2.18. The molecule has 3 heteroatoms. The Labute approximate surface area is 90.2 Å². The third-order valence-electron chi connectivity index (χ3n) is 2.07. The Morgan fingerprint density at radius 2 is 2.33 bits per heavy atom. The third kappa shape index (κ3) is 1.49. The molecule has 1 aromatic carbocycles. The largest absolute Gasteiger partial charge is 0.324 e. The maximum atomic E-state index is 6.00. The zero-order valence-corrected chi connectivity index (χ0v) is 9.56. The molecule has 0 spiro atoms. The fourth-order valence-electron chi connectivity index (χ4n) is 1.41. The summed E-state index contributed by atoms with van der Waals surface area (Å²) < 4.78 is 1.34. The molecule has 1 heterocycles. The van der Waals surface area contributed by atoms with Gasteiger partial charge >= 0.3 is 0 Å². The molecule has 0 saturated heterocycles. The van der Waals surface area contributed by atoms with Gasteiger partial charge in [-0.05, 0) is 46.4 Å². The Hall–Kier alpha value is 0.260. The van der Waals surface area contributed by atoms with E-state index in [9.17, 15) is 0 Å². The number of halogens is 1. The van der Waals surface area contributed by atoms with Crippen LogP contribution in [0.3, 0.4) is 0 Å². The highest BCUT2D eigenvalue weighted by Crippen LogP contribution is 2.37. The standard InChI is InChI=1S/C9H10INS/c10-7-3-1-2-6-8(11)4-5-12-9(6)7/h1-3,8H,4-5,11H2. The lowest BCUT2D eigenvalue weighted by Gasteiger charge is -2.22. The van der Waals surface area contributed by atoms with Crippen LogP contribution in [0.1, 0.15) is 18.0 Å². The van der Waals surface area contributed by atoms with Crippen LogP contribution in [0, 0.1) is 3.57 Å². The van der Waals surface area contributed by atoms with Crippen molar-refractivity contribution in [3.05, 3.63) is 27.3 Å². The molecule has 2 N–H and O–H groups in total. The van der Waals surface area contributed by atoms with Crippen LogP contribution in [-0.2, 0) is 0 Å². The molecule has 2 rings (SSSR count). The number of thioether (sulfide) groups is 1. The second kappa shape index (κ2) is 3.55. The molecule has 0 aromatic heterocycles. The van der Waals surface area contributed by atoms with Crippen LogP contribution in [-0.4, -0.2) is 5.75 Å². The molecule has 0 saturated carbocycles. The second-order valence-electron chi connectivity index (χ2n) is 2.90. The van der Waals surface area contributed by atoms with E-state index >= 15 is 0 Å². The summed E-state index contributed by atoms with van der Waals surface area (Å²) in [6, 6.07) is 6.64. The Balaban J connectivity index is 2.52. The van der Waals surface area contributed by atoms with E-state index in [0.29, 0.717) is 0 Å². The summed E-state index contributed by atoms with van der Waals surface area (Å²) in [7, 11) is 0. The number of hydrogen-bond acceptors (Lipinski definition) is 2. The van der Waals surface area contributed by atoms with Crippen molar-refractivity contribution >= 4 is 34.4 Å². The van der Waals surface area contributed by atoms with Gasteiger partial charge in [0.05, 0.1) is 0 Å². The molecule has 0 radical (unpaired) electrons. The van der Waals surface area contributed by atoms with Crippen molar-refractivity contribution in [2.45, 2.75) is 17.4 Å². The van der Waals surface area contributed by atoms with Crippen molar-refractivity contribution in [3.63, 3.8) is 0 Å². The smallest absolute Gasteiger partial charge is 0.0314 e. The van der Waals surface area contributed by atoms with E-state index in [1.807, 2.05) is 11.8 Å². The molecule has 64 valence electrons. The molecule has 0 aliphatic carbocycles. The number of rotatable bonds is 0. The number of fused-ring (bicyclic) bond motifs is 1. The van der Waals surface area contributed by atoms with Gasteiger partial charge in [-0.1, -0.05) is 12.1 Å². The van der Waals surface area contributed by atoms with Crippen LogP contribution >= 0.6 is 34.4 Å². The van der Waals surface area contributed by atoms with Crippen LogP contribution in [0.25, 0.3) is 0 Å². The summed E-state index contributed by atoms with van der Waals surface area (Å²) in [6.45, 7) is 0. The average molecular weight is 291 g/mol. The van der Waals surface area contributed by atoms with E-state index in [0.717, 1.165) is 12.2 Å². The van der Waals surface area contributed by atoms with E-state index in [2.05, 4.69) is 40.8 Å². The van der Waals surface area contributed by atoms with E-state index in [4.69, 9.17) is 5.73 Å². The molecule has 0 fully saturated rings. The third-order valence-corrected chi connectivity index (χ3v) is 4.52. The molecule has 0 amide bonds. The molecule has 1 nitrogen and oxygen atoms in total. The zero-order valence-electron chi connectivity index (χ0n) is 6.59. The Morgan fingerprint density at radius 1 is 1.50 bits per heavy atom. The summed E-state index contributed by atoms with van der Waals surface area (Å²) in [6.07, 6.45) is 1.11. The number of hydrogen-bond donors (Lipinski definition) is 1. The van der Waals surface area contributed by atoms with Gasteiger partial charge in [-0.3, -0.25) is 0 Å². The summed E-state index contributed by atoms with van der Waals surface area (Å²) in [4.78, 5) is 1.40. The minimum Gasteiger partial charge on any atom is -0.324 e. The molecule has 0 bridgehead atoms. The van der Waals surface area contributed by atoms with Crippen molar-refractivity contribution in [2.24, 2.45) is 5.73 Å². The Kier molecular flexibility index (Phi) is 2.62. The number of benzene rings is 1. The van der Waals surface area contributed by atoms with E-state index in [1.165, 1.54) is 14.0 Å². The van der Waals surface area contributed by atoms with Gasteiger partial charge < -0.3 is 5.73 Å². The van der Waals surface area contributed by atoms with Gasteiger partial charge in [0.25, 0.3) is 0 Å². The Bertz CT molecular complexity index is 301. The lowest BCUT2D eigenvalue weighted by Crippen LogP contribution is -2.16. The molecule has 1 aliphatic heterocycles. The van der Waals surface area contributed by atoms with Crippen LogP contribution in [0.4, 0.5) is 0 Å². The maximum Gasteiger partial charge on any atom is 0.0314 e. The fraction of sp³-hybridized carbons (Fsp3) is 0.333. The molecule has 1 unspecified atom stereocenters. The molecular weight excluding hydrogens is 281 g/mol. The Morgan fingerprint density at radius 3 is 3.08 bits per heavy atom. The molecule has 1 atom stereocenters. The lowest BCUT2D eigenvalue weighted by atomic mass is 10.1.